The van der Waals surface area contributed by atoms with Gasteiger partial charge in [-0.25, -0.2) is 14.8 Å². The van der Waals surface area contributed by atoms with E-state index in [-0.39, 0.29) is 11.6 Å². The Balaban J connectivity index is 3.06. The summed E-state index contributed by atoms with van der Waals surface area (Å²) in [7, 11) is 2.72. The van der Waals surface area contributed by atoms with Crippen molar-refractivity contribution >= 4 is 21.9 Å². The van der Waals surface area contributed by atoms with Crippen molar-refractivity contribution in [2.24, 2.45) is 0 Å². The number of carbonyl (C=O) groups excluding carboxylic acids is 1. The van der Waals surface area contributed by atoms with Crippen molar-refractivity contribution in [1.82, 2.24) is 9.97 Å². The summed E-state index contributed by atoms with van der Waals surface area (Å²) in [4.78, 5) is 18.7. The minimum atomic E-state index is -0.543. The average molecular weight is 247 g/mol. The zero-order valence-electron chi connectivity index (χ0n) is 7.07. The second-order valence-corrected chi connectivity index (χ2v) is 2.80. The molecule has 0 radical (unpaired) electrons. The van der Waals surface area contributed by atoms with Crippen LogP contribution in [0.25, 0.3) is 0 Å². The molecule has 70 valence electrons. The molecule has 0 spiro atoms. The molecule has 0 fully saturated rings. The maximum absolute atomic E-state index is 11.0. The van der Waals surface area contributed by atoms with Gasteiger partial charge in [-0.1, -0.05) is 0 Å². The van der Waals surface area contributed by atoms with Gasteiger partial charge >= 0.3 is 5.97 Å². The van der Waals surface area contributed by atoms with Gasteiger partial charge in [-0.2, -0.15) is 0 Å². The lowest BCUT2D eigenvalue weighted by Gasteiger charge is -2.02. The first-order valence-electron chi connectivity index (χ1n) is 3.34. The summed E-state index contributed by atoms with van der Waals surface area (Å²) < 4.78 is 9.76. The fourth-order valence-corrected chi connectivity index (χ4v) is 1.04. The van der Waals surface area contributed by atoms with Crippen LogP contribution in [-0.2, 0) is 4.74 Å². The SMILES string of the molecule is COC(=O)c1cnc(Br)c(OC)n1. The van der Waals surface area contributed by atoms with Crippen molar-refractivity contribution in [3.8, 4) is 5.88 Å². The standard InChI is InChI=1S/C7H7BrN2O3/c1-12-6-5(8)9-3-4(10-6)7(11)13-2/h3H,1-2H3. The van der Waals surface area contributed by atoms with Crippen molar-refractivity contribution in [1.29, 1.82) is 0 Å². The monoisotopic (exact) mass is 246 g/mol. The molecule has 0 aliphatic rings. The van der Waals surface area contributed by atoms with Gasteiger partial charge in [0.15, 0.2) is 10.3 Å². The number of aromatic nitrogens is 2. The van der Waals surface area contributed by atoms with E-state index < -0.39 is 5.97 Å². The van der Waals surface area contributed by atoms with E-state index in [4.69, 9.17) is 4.74 Å². The van der Waals surface area contributed by atoms with Crippen LogP contribution in [0.2, 0.25) is 0 Å². The van der Waals surface area contributed by atoms with Gasteiger partial charge in [0.25, 0.3) is 0 Å². The van der Waals surface area contributed by atoms with Crippen LogP contribution in [0.5, 0.6) is 5.88 Å². The Bertz CT molecular complexity index is 330. The van der Waals surface area contributed by atoms with Gasteiger partial charge in [-0.05, 0) is 15.9 Å². The Morgan fingerprint density at radius 1 is 1.54 bits per heavy atom. The fourth-order valence-electron chi connectivity index (χ4n) is 0.690. The number of rotatable bonds is 2. The molecule has 0 saturated carbocycles. The van der Waals surface area contributed by atoms with Crippen molar-refractivity contribution in [2.45, 2.75) is 0 Å². The summed E-state index contributed by atoms with van der Waals surface area (Å²) in [5, 5.41) is 0. The second-order valence-electron chi connectivity index (χ2n) is 2.05. The molecule has 1 heterocycles. The van der Waals surface area contributed by atoms with E-state index in [0.717, 1.165) is 0 Å². The number of ether oxygens (including phenoxy) is 2. The molecule has 5 nitrogen and oxygen atoms in total. The molecule has 0 N–H and O–H groups in total. The summed E-state index contributed by atoms with van der Waals surface area (Å²) in [5.74, 6) is -0.291. The van der Waals surface area contributed by atoms with Gasteiger partial charge in [0.05, 0.1) is 20.4 Å². The number of methoxy groups -OCH3 is 2. The Kier molecular flexibility index (Phi) is 3.18. The van der Waals surface area contributed by atoms with Crippen LogP contribution in [0.15, 0.2) is 10.8 Å². The van der Waals surface area contributed by atoms with E-state index in [1.807, 2.05) is 0 Å². The molecule has 13 heavy (non-hydrogen) atoms. The highest BCUT2D eigenvalue weighted by Gasteiger charge is 2.11. The highest BCUT2D eigenvalue weighted by molar-refractivity contribution is 9.10. The number of hydrogen-bond donors (Lipinski definition) is 0. The molecule has 0 bridgehead atoms. The molecular weight excluding hydrogens is 240 g/mol. The number of carbonyl (C=O) groups is 1. The smallest absolute Gasteiger partial charge is 0.358 e. The van der Waals surface area contributed by atoms with Gasteiger partial charge in [0.2, 0.25) is 5.88 Å². The third-order valence-corrected chi connectivity index (χ3v) is 1.83. The van der Waals surface area contributed by atoms with Crippen LogP contribution >= 0.6 is 15.9 Å². The van der Waals surface area contributed by atoms with Gasteiger partial charge < -0.3 is 9.47 Å². The third-order valence-electron chi connectivity index (χ3n) is 1.29. The summed E-state index contributed by atoms with van der Waals surface area (Å²) in [6, 6.07) is 0. The minimum Gasteiger partial charge on any atom is -0.479 e. The Morgan fingerprint density at radius 3 is 2.77 bits per heavy atom. The van der Waals surface area contributed by atoms with Gasteiger partial charge in [-0.15, -0.1) is 0 Å². The van der Waals surface area contributed by atoms with E-state index in [0.29, 0.717) is 4.60 Å². The summed E-state index contributed by atoms with van der Waals surface area (Å²) in [5.41, 5.74) is 0.113. The quantitative estimate of drug-likeness (QED) is 0.730. The Hall–Kier alpha value is -1.17. The zero-order valence-corrected chi connectivity index (χ0v) is 8.66. The van der Waals surface area contributed by atoms with Crippen LogP contribution in [0.3, 0.4) is 0 Å². The first-order valence-corrected chi connectivity index (χ1v) is 4.13. The number of esters is 1. The molecule has 0 aromatic carbocycles. The summed E-state index contributed by atoms with van der Waals surface area (Å²) in [6.07, 6.45) is 1.30. The molecule has 0 aliphatic carbocycles. The molecule has 1 rings (SSSR count). The minimum absolute atomic E-state index is 0.113. The van der Waals surface area contributed by atoms with Crippen LogP contribution in [0.4, 0.5) is 0 Å². The lowest BCUT2D eigenvalue weighted by atomic mass is 10.4. The van der Waals surface area contributed by atoms with Crippen molar-refractivity contribution < 1.29 is 14.3 Å². The predicted octanol–water partition coefficient (Wildman–Crippen LogP) is 1.03. The van der Waals surface area contributed by atoms with E-state index in [2.05, 4.69) is 30.6 Å². The highest BCUT2D eigenvalue weighted by atomic mass is 79.9. The lowest BCUT2D eigenvalue weighted by molar-refractivity contribution is 0.0592. The summed E-state index contributed by atoms with van der Waals surface area (Å²) in [6.45, 7) is 0. The normalized spacial score (nSPS) is 9.46. The van der Waals surface area contributed by atoms with Crippen molar-refractivity contribution in [3.63, 3.8) is 0 Å². The first-order chi connectivity index (χ1) is 6.19. The molecule has 1 aromatic heterocycles. The third kappa shape index (κ3) is 2.15. The molecule has 0 saturated heterocycles. The molecular formula is C7H7BrN2O3. The average Bonchev–Trinajstić information content (AvgIpc) is 2.17. The Morgan fingerprint density at radius 2 is 2.23 bits per heavy atom. The van der Waals surface area contributed by atoms with Crippen molar-refractivity contribution in [3.05, 3.63) is 16.5 Å². The molecule has 6 heteroatoms. The number of nitrogens with zero attached hydrogens (tertiary/aromatic N) is 2. The highest BCUT2D eigenvalue weighted by Crippen LogP contribution is 2.18. The largest absolute Gasteiger partial charge is 0.479 e. The molecule has 0 aliphatic heterocycles. The fraction of sp³-hybridized carbons (Fsp3) is 0.286. The van der Waals surface area contributed by atoms with E-state index >= 15 is 0 Å². The molecule has 0 amide bonds. The first kappa shape index (κ1) is 9.91. The molecule has 0 atom stereocenters. The predicted molar refractivity (Wildman–Crippen MR) is 47.6 cm³/mol. The molecule has 1 aromatic rings. The van der Waals surface area contributed by atoms with Crippen LogP contribution in [-0.4, -0.2) is 30.2 Å². The van der Waals surface area contributed by atoms with Gasteiger partial charge in [-0.3, -0.25) is 0 Å². The molecule has 0 unspecified atom stereocenters. The number of halogens is 1. The maximum Gasteiger partial charge on any atom is 0.358 e. The lowest BCUT2D eigenvalue weighted by Crippen LogP contribution is -2.06. The Labute approximate surface area is 83.2 Å². The zero-order chi connectivity index (χ0) is 9.84. The topological polar surface area (TPSA) is 61.3 Å². The van der Waals surface area contributed by atoms with Crippen LogP contribution in [0.1, 0.15) is 10.5 Å². The van der Waals surface area contributed by atoms with Gasteiger partial charge in [0.1, 0.15) is 0 Å². The van der Waals surface area contributed by atoms with E-state index in [1.54, 1.807) is 0 Å². The number of hydrogen-bond acceptors (Lipinski definition) is 5. The van der Waals surface area contributed by atoms with Crippen LogP contribution in [0, 0.1) is 0 Å². The maximum atomic E-state index is 11.0. The van der Waals surface area contributed by atoms with E-state index in [9.17, 15) is 4.79 Å². The van der Waals surface area contributed by atoms with Gasteiger partial charge in [0, 0.05) is 0 Å². The van der Waals surface area contributed by atoms with Crippen molar-refractivity contribution in [2.75, 3.05) is 14.2 Å². The van der Waals surface area contributed by atoms with Crippen LogP contribution < -0.4 is 4.74 Å². The van der Waals surface area contributed by atoms with E-state index in [1.165, 1.54) is 20.4 Å². The second kappa shape index (κ2) is 4.18. The summed E-state index contributed by atoms with van der Waals surface area (Å²) >= 11 is 3.11.